The minimum absolute atomic E-state index is 0.574. The van der Waals surface area contributed by atoms with E-state index >= 15 is 0 Å². The molecule has 0 fully saturated rings. The largest absolute Gasteiger partial charge is 0.291 e. The Morgan fingerprint density at radius 1 is 1.06 bits per heavy atom. The van der Waals surface area contributed by atoms with Crippen LogP contribution in [0.1, 0.15) is 28.3 Å². The predicted molar refractivity (Wildman–Crippen MR) is 71.2 cm³/mol. The van der Waals surface area contributed by atoms with Gasteiger partial charge in [0.2, 0.25) is 0 Å². The number of pyridine rings is 1. The van der Waals surface area contributed by atoms with Crippen molar-refractivity contribution in [3.8, 4) is 0 Å². The molecule has 0 saturated heterocycles. The fourth-order valence-electron chi connectivity index (χ4n) is 3.36. The molecule has 2 heteroatoms. The Balaban J connectivity index is 1.79. The zero-order valence-electron chi connectivity index (χ0n) is 10.3. The van der Waals surface area contributed by atoms with E-state index in [1.54, 1.807) is 0 Å². The highest BCUT2D eigenvalue weighted by atomic mass is 15.2. The Labute approximate surface area is 107 Å². The van der Waals surface area contributed by atoms with Gasteiger partial charge >= 0.3 is 0 Å². The zero-order chi connectivity index (χ0) is 11.9. The molecule has 0 spiro atoms. The van der Waals surface area contributed by atoms with Crippen molar-refractivity contribution in [3.63, 3.8) is 0 Å². The van der Waals surface area contributed by atoms with Crippen molar-refractivity contribution >= 4 is 0 Å². The summed E-state index contributed by atoms with van der Waals surface area (Å²) in [7, 11) is 0. The minimum atomic E-state index is 0.574. The van der Waals surface area contributed by atoms with Crippen LogP contribution in [0.15, 0.2) is 42.7 Å². The first-order valence-corrected chi connectivity index (χ1v) is 6.65. The van der Waals surface area contributed by atoms with Crippen LogP contribution in [-0.2, 0) is 19.4 Å². The summed E-state index contributed by atoms with van der Waals surface area (Å²) in [6, 6.07) is 11.7. The Morgan fingerprint density at radius 3 is 3.00 bits per heavy atom. The van der Waals surface area contributed by atoms with Gasteiger partial charge in [0.05, 0.1) is 0 Å². The number of hydrogen-bond acceptors (Lipinski definition) is 2. The number of nitrogens with zero attached hydrogens (tertiary/aromatic N) is 2. The summed E-state index contributed by atoms with van der Waals surface area (Å²) in [5.74, 6) is 0. The quantitative estimate of drug-likeness (QED) is 0.699. The summed E-state index contributed by atoms with van der Waals surface area (Å²) in [5, 5.41) is 0. The van der Waals surface area contributed by atoms with E-state index in [9.17, 15) is 0 Å². The summed E-state index contributed by atoms with van der Waals surface area (Å²) >= 11 is 0. The third-order valence-electron chi connectivity index (χ3n) is 4.31. The lowest BCUT2D eigenvalue weighted by molar-refractivity contribution is 0.161. The van der Waals surface area contributed by atoms with E-state index in [1.807, 2.05) is 12.4 Å². The fraction of sp³-hybridized carbons (Fsp3) is 0.312. The van der Waals surface area contributed by atoms with Crippen LogP contribution in [0.4, 0.5) is 0 Å². The second-order valence-corrected chi connectivity index (χ2v) is 5.28. The maximum absolute atomic E-state index is 4.25. The molecule has 1 atom stereocenters. The number of aromatic nitrogens is 1. The van der Waals surface area contributed by atoms with Gasteiger partial charge in [0.1, 0.15) is 0 Å². The van der Waals surface area contributed by atoms with Gasteiger partial charge in [-0.3, -0.25) is 9.88 Å². The summed E-state index contributed by atoms with van der Waals surface area (Å²) in [6.07, 6.45) is 6.27. The molecule has 2 nitrogen and oxygen atoms in total. The average Bonchev–Trinajstić information content (AvgIpc) is 2.45. The van der Waals surface area contributed by atoms with Crippen LogP contribution in [-0.4, -0.2) is 16.4 Å². The van der Waals surface area contributed by atoms with Crippen LogP contribution in [0.3, 0.4) is 0 Å². The first-order valence-electron chi connectivity index (χ1n) is 6.65. The van der Waals surface area contributed by atoms with E-state index in [0.717, 1.165) is 13.0 Å². The highest BCUT2D eigenvalue weighted by molar-refractivity contribution is 5.37. The normalized spacial score (nSPS) is 21.9. The summed E-state index contributed by atoms with van der Waals surface area (Å²) in [5.41, 5.74) is 5.96. The Morgan fingerprint density at radius 2 is 2.00 bits per heavy atom. The molecule has 1 aromatic heterocycles. The van der Waals surface area contributed by atoms with E-state index < -0.39 is 0 Å². The van der Waals surface area contributed by atoms with Gasteiger partial charge in [0.25, 0.3) is 0 Å². The maximum atomic E-state index is 4.25. The number of benzene rings is 1. The highest BCUT2D eigenvalue weighted by Gasteiger charge is 2.31. The molecule has 2 aromatic rings. The molecule has 2 aliphatic heterocycles. The smallest absolute Gasteiger partial charge is 0.0394 e. The predicted octanol–water partition coefficient (Wildman–Crippen LogP) is 2.74. The lowest BCUT2D eigenvalue weighted by Gasteiger charge is -2.41. The molecule has 1 unspecified atom stereocenters. The maximum Gasteiger partial charge on any atom is 0.0394 e. The molecule has 0 saturated carbocycles. The molecule has 3 heterocycles. The van der Waals surface area contributed by atoms with Crippen LogP contribution in [0.2, 0.25) is 0 Å². The van der Waals surface area contributed by atoms with Crippen molar-refractivity contribution in [1.29, 1.82) is 0 Å². The molecule has 0 bridgehead atoms. The first kappa shape index (κ1) is 10.3. The summed E-state index contributed by atoms with van der Waals surface area (Å²) in [6.45, 7) is 2.23. The molecule has 0 radical (unpaired) electrons. The fourth-order valence-corrected chi connectivity index (χ4v) is 3.36. The van der Waals surface area contributed by atoms with Crippen molar-refractivity contribution < 1.29 is 0 Å². The molecule has 18 heavy (non-hydrogen) atoms. The van der Waals surface area contributed by atoms with E-state index in [-0.39, 0.29) is 0 Å². The van der Waals surface area contributed by atoms with Crippen molar-refractivity contribution in [3.05, 3.63) is 65.0 Å². The third-order valence-corrected chi connectivity index (χ3v) is 4.31. The Hall–Kier alpha value is -1.67. The van der Waals surface area contributed by atoms with Gasteiger partial charge in [-0.1, -0.05) is 24.3 Å². The summed E-state index contributed by atoms with van der Waals surface area (Å²) < 4.78 is 0. The van der Waals surface area contributed by atoms with Crippen molar-refractivity contribution in [2.24, 2.45) is 0 Å². The number of fused-ring (bicyclic) bond motifs is 4. The van der Waals surface area contributed by atoms with Gasteiger partial charge in [-0.05, 0) is 41.2 Å². The third kappa shape index (κ3) is 1.49. The lowest BCUT2D eigenvalue weighted by Crippen LogP contribution is -2.39. The number of rotatable bonds is 0. The zero-order valence-corrected chi connectivity index (χ0v) is 10.3. The standard InChI is InChI=1S/C16H16N2/c1-2-4-15-12(3-1)6-8-18-11-14-10-17-7-5-13(14)9-16(15)18/h1-5,7,10,16H,6,8-9,11H2. The van der Waals surface area contributed by atoms with Gasteiger partial charge in [0.15, 0.2) is 0 Å². The molecular formula is C16H16N2. The van der Waals surface area contributed by atoms with Crippen LogP contribution < -0.4 is 0 Å². The lowest BCUT2D eigenvalue weighted by atomic mass is 9.85. The van der Waals surface area contributed by atoms with E-state index in [4.69, 9.17) is 0 Å². The second kappa shape index (κ2) is 3.92. The van der Waals surface area contributed by atoms with E-state index in [1.165, 1.54) is 35.2 Å². The van der Waals surface area contributed by atoms with E-state index in [2.05, 4.69) is 40.2 Å². The van der Waals surface area contributed by atoms with Crippen LogP contribution in [0, 0.1) is 0 Å². The highest BCUT2D eigenvalue weighted by Crippen LogP contribution is 2.37. The Bertz CT molecular complexity index is 591. The molecule has 4 rings (SSSR count). The van der Waals surface area contributed by atoms with Crippen molar-refractivity contribution in [2.75, 3.05) is 6.54 Å². The molecule has 90 valence electrons. The molecule has 1 aromatic carbocycles. The average molecular weight is 236 g/mol. The monoisotopic (exact) mass is 236 g/mol. The molecule has 0 aliphatic carbocycles. The van der Waals surface area contributed by atoms with Gasteiger partial charge in [-0.15, -0.1) is 0 Å². The van der Waals surface area contributed by atoms with Crippen molar-refractivity contribution in [1.82, 2.24) is 9.88 Å². The second-order valence-electron chi connectivity index (χ2n) is 5.28. The number of hydrogen-bond donors (Lipinski definition) is 0. The van der Waals surface area contributed by atoms with Gasteiger partial charge in [-0.2, -0.15) is 0 Å². The van der Waals surface area contributed by atoms with Crippen LogP contribution in [0.25, 0.3) is 0 Å². The molecule has 0 N–H and O–H groups in total. The van der Waals surface area contributed by atoms with E-state index in [0.29, 0.717) is 6.04 Å². The van der Waals surface area contributed by atoms with Gasteiger partial charge in [0, 0.05) is 31.5 Å². The van der Waals surface area contributed by atoms with Crippen molar-refractivity contribution in [2.45, 2.75) is 25.4 Å². The molecule has 0 amide bonds. The first-order chi connectivity index (χ1) is 8.92. The van der Waals surface area contributed by atoms with Gasteiger partial charge < -0.3 is 0 Å². The van der Waals surface area contributed by atoms with Crippen LogP contribution >= 0.6 is 0 Å². The minimum Gasteiger partial charge on any atom is -0.291 e. The topological polar surface area (TPSA) is 16.1 Å². The Kier molecular flexibility index (Phi) is 2.24. The molecule has 2 aliphatic rings. The van der Waals surface area contributed by atoms with Crippen LogP contribution in [0.5, 0.6) is 0 Å². The SMILES string of the molecule is c1ccc2c(c1)CCN1Cc3cnccc3CC21. The van der Waals surface area contributed by atoms with Gasteiger partial charge in [-0.25, -0.2) is 0 Å². The molecular weight excluding hydrogens is 220 g/mol. The summed E-state index contributed by atoms with van der Waals surface area (Å²) in [4.78, 5) is 6.86.